The first-order valence-electron chi connectivity index (χ1n) is 8.96. The molecule has 0 spiro atoms. The van der Waals surface area contributed by atoms with Gasteiger partial charge in [0.25, 0.3) is 0 Å². The first-order valence-corrected chi connectivity index (χ1v) is 8.96. The molecular formula is C22H23N3O2. The average Bonchev–Trinajstić information content (AvgIpc) is 2.71. The Kier molecular flexibility index (Phi) is 6.05. The molecule has 3 aromatic carbocycles. The zero-order valence-corrected chi connectivity index (χ0v) is 15.2. The summed E-state index contributed by atoms with van der Waals surface area (Å²) < 4.78 is 0. The number of carbonyl (C=O) groups excluding carboxylic acids is 2. The van der Waals surface area contributed by atoms with Crippen LogP contribution in [0.5, 0.6) is 0 Å². The van der Waals surface area contributed by atoms with E-state index in [0.717, 1.165) is 21.9 Å². The van der Waals surface area contributed by atoms with Gasteiger partial charge in [0.05, 0.1) is 12.6 Å². The van der Waals surface area contributed by atoms with Gasteiger partial charge in [0.2, 0.25) is 5.91 Å². The van der Waals surface area contributed by atoms with E-state index in [2.05, 4.69) is 16.0 Å². The summed E-state index contributed by atoms with van der Waals surface area (Å²) in [6, 6.07) is 23.2. The number of rotatable bonds is 6. The minimum Gasteiger partial charge on any atom is -0.348 e. The van der Waals surface area contributed by atoms with E-state index in [-0.39, 0.29) is 24.5 Å². The van der Waals surface area contributed by atoms with Gasteiger partial charge in [0.15, 0.2) is 0 Å². The molecule has 27 heavy (non-hydrogen) atoms. The van der Waals surface area contributed by atoms with Crippen molar-refractivity contribution in [3.05, 3.63) is 83.9 Å². The molecule has 0 bridgehead atoms. The van der Waals surface area contributed by atoms with Crippen LogP contribution in [0.1, 0.15) is 24.1 Å². The molecule has 0 aliphatic carbocycles. The third-order valence-corrected chi connectivity index (χ3v) is 4.37. The van der Waals surface area contributed by atoms with Crippen LogP contribution in [0.4, 0.5) is 4.79 Å². The minimum atomic E-state index is -0.369. The summed E-state index contributed by atoms with van der Waals surface area (Å²) in [5.41, 5.74) is 2.05. The predicted octanol–water partition coefficient (Wildman–Crippen LogP) is 3.52. The number of nitrogens with one attached hydrogen (secondary N) is 3. The van der Waals surface area contributed by atoms with Crippen LogP contribution in [-0.2, 0) is 11.3 Å². The van der Waals surface area contributed by atoms with E-state index < -0.39 is 0 Å². The molecule has 138 valence electrons. The second-order valence-electron chi connectivity index (χ2n) is 6.38. The van der Waals surface area contributed by atoms with Crippen LogP contribution in [0.25, 0.3) is 10.8 Å². The fraction of sp³-hybridized carbons (Fsp3) is 0.182. The normalized spacial score (nSPS) is 11.6. The van der Waals surface area contributed by atoms with E-state index in [1.165, 1.54) is 0 Å². The summed E-state index contributed by atoms with van der Waals surface area (Å²) in [4.78, 5) is 24.0. The molecule has 0 radical (unpaired) electrons. The van der Waals surface area contributed by atoms with Crippen LogP contribution in [0, 0.1) is 0 Å². The molecule has 0 fully saturated rings. The highest BCUT2D eigenvalue weighted by Crippen LogP contribution is 2.23. The van der Waals surface area contributed by atoms with Gasteiger partial charge < -0.3 is 16.0 Å². The van der Waals surface area contributed by atoms with Crippen molar-refractivity contribution in [3.63, 3.8) is 0 Å². The van der Waals surface area contributed by atoms with E-state index in [0.29, 0.717) is 6.54 Å². The van der Waals surface area contributed by atoms with Gasteiger partial charge in [0.1, 0.15) is 0 Å². The SMILES string of the molecule is C[C@H](NC(=O)CNC(=O)NCc1ccccc1)c1cccc2ccccc12. The van der Waals surface area contributed by atoms with Crippen LogP contribution in [-0.4, -0.2) is 18.5 Å². The zero-order chi connectivity index (χ0) is 19.1. The maximum Gasteiger partial charge on any atom is 0.315 e. The Balaban J connectivity index is 1.49. The van der Waals surface area contributed by atoms with Gasteiger partial charge in [-0.3, -0.25) is 4.79 Å². The predicted molar refractivity (Wildman–Crippen MR) is 107 cm³/mol. The fourth-order valence-electron chi connectivity index (χ4n) is 3.00. The summed E-state index contributed by atoms with van der Waals surface area (Å²) in [7, 11) is 0. The number of fused-ring (bicyclic) bond motifs is 1. The molecular weight excluding hydrogens is 338 g/mol. The first kappa shape index (κ1) is 18.5. The average molecular weight is 361 g/mol. The second kappa shape index (κ2) is 8.85. The molecule has 3 N–H and O–H groups in total. The van der Waals surface area contributed by atoms with Gasteiger partial charge in [0, 0.05) is 6.54 Å². The molecule has 3 rings (SSSR count). The third-order valence-electron chi connectivity index (χ3n) is 4.37. The van der Waals surface area contributed by atoms with Crippen molar-refractivity contribution in [2.45, 2.75) is 19.5 Å². The Morgan fingerprint density at radius 1 is 0.852 bits per heavy atom. The second-order valence-corrected chi connectivity index (χ2v) is 6.38. The minimum absolute atomic E-state index is 0.0737. The largest absolute Gasteiger partial charge is 0.348 e. The zero-order valence-electron chi connectivity index (χ0n) is 15.2. The van der Waals surface area contributed by atoms with Crippen LogP contribution in [0.3, 0.4) is 0 Å². The summed E-state index contributed by atoms with van der Waals surface area (Å²) in [6.07, 6.45) is 0. The molecule has 3 aromatic rings. The van der Waals surface area contributed by atoms with Crippen molar-refractivity contribution in [2.75, 3.05) is 6.54 Å². The van der Waals surface area contributed by atoms with Gasteiger partial charge in [-0.1, -0.05) is 72.8 Å². The standard InChI is InChI=1S/C22H23N3O2/c1-16(19-13-7-11-18-10-5-6-12-20(18)19)25-21(26)15-24-22(27)23-14-17-8-3-2-4-9-17/h2-13,16H,14-15H2,1H3,(H,25,26)(H2,23,24,27)/t16-/m0/s1. The Morgan fingerprint density at radius 3 is 2.37 bits per heavy atom. The topological polar surface area (TPSA) is 70.2 Å². The Labute approximate surface area is 158 Å². The lowest BCUT2D eigenvalue weighted by atomic mass is 10.00. The van der Waals surface area contributed by atoms with Gasteiger partial charge in [-0.25, -0.2) is 4.79 Å². The maximum atomic E-state index is 12.2. The highest BCUT2D eigenvalue weighted by atomic mass is 16.2. The van der Waals surface area contributed by atoms with Gasteiger partial charge >= 0.3 is 6.03 Å². The maximum absolute atomic E-state index is 12.2. The lowest BCUT2D eigenvalue weighted by Gasteiger charge is -2.17. The van der Waals surface area contributed by atoms with Crippen LogP contribution < -0.4 is 16.0 Å². The lowest BCUT2D eigenvalue weighted by molar-refractivity contribution is -0.120. The van der Waals surface area contributed by atoms with Gasteiger partial charge in [-0.05, 0) is 28.8 Å². The molecule has 0 aromatic heterocycles. The lowest BCUT2D eigenvalue weighted by Crippen LogP contribution is -2.42. The molecule has 3 amide bonds. The third kappa shape index (κ3) is 5.07. The van der Waals surface area contributed by atoms with Crippen molar-refractivity contribution in [3.8, 4) is 0 Å². The number of hydrogen-bond donors (Lipinski definition) is 3. The molecule has 1 atom stereocenters. The molecule has 5 heteroatoms. The highest BCUT2D eigenvalue weighted by molar-refractivity contribution is 5.88. The molecule has 0 saturated heterocycles. The number of urea groups is 1. The molecule has 5 nitrogen and oxygen atoms in total. The van der Waals surface area contributed by atoms with Gasteiger partial charge in [-0.15, -0.1) is 0 Å². The van der Waals surface area contributed by atoms with Crippen molar-refractivity contribution < 1.29 is 9.59 Å². The number of hydrogen-bond acceptors (Lipinski definition) is 2. The summed E-state index contributed by atoms with van der Waals surface area (Å²) in [5, 5.41) is 10.5. The van der Waals surface area contributed by atoms with E-state index in [4.69, 9.17) is 0 Å². The number of benzene rings is 3. The Bertz CT molecular complexity index is 920. The molecule has 0 aliphatic heterocycles. The van der Waals surface area contributed by atoms with Crippen molar-refractivity contribution in [1.82, 2.24) is 16.0 Å². The van der Waals surface area contributed by atoms with Crippen LogP contribution in [0.15, 0.2) is 72.8 Å². The molecule has 0 aliphatic rings. The Morgan fingerprint density at radius 2 is 1.56 bits per heavy atom. The first-order chi connectivity index (χ1) is 13.1. The van der Waals surface area contributed by atoms with Crippen molar-refractivity contribution in [1.29, 1.82) is 0 Å². The van der Waals surface area contributed by atoms with Crippen molar-refractivity contribution >= 4 is 22.7 Å². The smallest absolute Gasteiger partial charge is 0.315 e. The molecule has 0 heterocycles. The van der Waals surface area contributed by atoms with E-state index >= 15 is 0 Å². The highest BCUT2D eigenvalue weighted by Gasteiger charge is 2.12. The quantitative estimate of drug-likeness (QED) is 0.629. The molecule has 0 saturated carbocycles. The number of carbonyl (C=O) groups is 2. The summed E-state index contributed by atoms with van der Waals surface area (Å²) in [5.74, 6) is -0.231. The van der Waals surface area contributed by atoms with E-state index in [9.17, 15) is 9.59 Å². The summed E-state index contributed by atoms with van der Waals surface area (Å²) >= 11 is 0. The van der Waals surface area contributed by atoms with E-state index in [1.54, 1.807) is 0 Å². The van der Waals surface area contributed by atoms with Crippen LogP contribution in [0.2, 0.25) is 0 Å². The van der Waals surface area contributed by atoms with E-state index in [1.807, 2.05) is 79.7 Å². The van der Waals surface area contributed by atoms with Crippen LogP contribution >= 0.6 is 0 Å². The molecule has 0 unspecified atom stereocenters. The monoisotopic (exact) mass is 361 g/mol. The fourth-order valence-corrected chi connectivity index (χ4v) is 3.00. The van der Waals surface area contributed by atoms with Gasteiger partial charge in [-0.2, -0.15) is 0 Å². The Hall–Kier alpha value is -3.34. The van der Waals surface area contributed by atoms with Crippen molar-refractivity contribution in [2.24, 2.45) is 0 Å². The summed E-state index contributed by atoms with van der Waals surface area (Å²) in [6.45, 7) is 2.28. The number of amides is 3.